The van der Waals surface area contributed by atoms with E-state index in [0.29, 0.717) is 5.56 Å². The van der Waals surface area contributed by atoms with Crippen molar-refractivity contribution in [1.82, 2.24) is 5.32 Å². The second-order valence-electron chi connectivity index (χ2n) is 6.28. The number of hydrogen-bond donors (Lipinski definition) is 2. The summed E-state index contributed by atoms with van der Waals surface area (Å²) in [7, 11) is 0. The summed E-state index contributed by atoms with van der Waals surface area (Å²) in [5.74, 6) is -1.28. The smallest absolute Gasteiger partial charge is 0.340 e. The van der Waals surface area contributed by atoms with Crippen LogP contribution in [-0.2, 0) is 14.3 Å². The van der Waals surface area contributed by atoms with Gasteiger partial charge in [-0.15, -0.1) is 0 Å². The minimum absolute atomic E-state index is 0.249. The average Bonchev–Trinajstić information content (AvgIpc) is 2.71. The molecule has 0 radical (unpaired) electrons. The number of rotatable bonds is 6. The van der Waals surface area contributed by atoms with Crippen LogP contribution in [0.25, 0.3) is 10.8 Å². The minimum atomic E-state index is -1.41. The van der Waals surface area contributed by atoms with E-state index in [1.165, 1.54) is 0 Å². The zero-order chi connectivity index (χ0) is 19.2. The lowest BCUT2D eigenvalue weighted by Crippen LogP contribution is -2.32. The Morgan fingerprint density at radius 3 is 2.41 bits per heavy atom. The van der Waals surface area contributed by atoms with E-state index in [1.54, 1.807) is 30.3 Å². The summed E-state index contributed by atoms with van der Waals surface area (Å²) in [5, 5.41) is 14.9. The van der Waals surface area contributed by atoms with E-state index in [4.69, 9.17) is 4.74 Å². The fraction of sp³-hybridized carbons (Fsp3) is 0.182. The number of fused-ring (bicyclic) bond motifs is 1. The number of carbonyl (C=O) groups excluding carboxylic acids is 2. The number of esters is 1. The number of ether oxygens (including phenoxy) is 1. The maximum Gasteiger partial charge on any atom is 0.340 e. The van der Waals surface area contributed by atoms with E-state index in [1.807, 2.05) is 49.4 Å². The van der Waals surface area contributed by atoms with E-state index in [2.05, 4.69) is 5.32 Å². The third-order valence-electron chi connectivity index (χ3n) is 4.35. The van der Waals surface area contributed by atoms with E-state index in [-0.39, 0.29) is 6.04 Å². The van der Waals surface area contributed by atoms with Gasteiger partial charge < -0.3 is 15.2 Å². The van der Waals surface area contributed by atoms with Gasteiger partial charge in [-0.05, 0) is 28.8 Å². The number of carbonyl (C=O) groups is 2. The van der Waals surface area contributed by atoms with Crippen LogP contribution in [0.5, 0.6) is 0 Å². The van der Waals surface area contributed by atoms with Gasteiger partial charge in [0.05, 0.1) is 6.04 Å². The molecule has 5 nitrogen and oxygen atoms in total. The number of benzene rings is 3. The molecule has 3 rings (SSSR count). The molecule has 2 N–H and O–H groups in total. The molecule has 27 heavy (non-hydrogen) atoms. The molecule has 138 valence electrons. The van der Waals surface area contributed by atoms with Crippen LogP contribution in [0.3, 0.4) is 0 Å². The molecule has 3 aromatic carbocycles. The number of hydrogen-bond acceptors (Lipinski definition) is 4. The topological polar surface area (TPSA) is 75.6 Å². The molecule has 2 atom stereocenters. The van der Waals surface area contributed by atoms with Gasteiger partial charge in [0, 0.05) is 0 Å². The first-order valence-corrected chi connectivity index (χ1v) is 8.73. The fourth-order valence-corrected chi connectivity index (χ4v) is 2.98. The van der Waals surface area contributed by atoms with E-state index >= 15 is 0 Å². The summed E-state index contributed by atoms with van der Waals surface area (Å²) >= 11 is 0. The Labute approximate surface area is 157 Å². The van der Waals surface area contributed by atoms with Gasteiger partial charge in [-0.3, -0.25) is 4.79 Å². The normalized spacial score (nSPS) is 13.0. The predicted molar refractivity (Wildman–Crippen MR) is 103 cm³/mol. The molecule has 0 saturated heterocycles. The van der Waals surface area contributed by atoms with E-state index in [9.17, 15) is 14.7 Å². The van der Waals surface area contributed by atoms with Crippen LogP contribution in [0, 0.1) is 0 Å². The first kappa shape index (κ1) is 18.6. The van der Waals surface area contributed by atoms with Crippen molar-refractivity contribution in [3.05, 3.63) is 83.9 Å². The van der Waals surface area contributed by atoms with Crippen molar-refractivity contribution >= 4 is 22.6 Å². The molecule has 0 aromatic heterocycles. The van der Waals surface area contributed by atoms with Gasteiger partial charge in [-0.25, -0.2) is 4.79 Å². The van der Waals surface area contributed by atoms with Gasteiger partial charge >= 0.3 is 5.97 Å². The second-order valence-corrected chi connectivity index (χ2v) is 6.28. The third kappa shape index (κ3) is 4.51. The summed E-state index contributed by atoms with van der Waals surface area (Å²) in [5.41, 5.74) is 1.41. The Morgan fingerprint density at radius 1 is 0.963 bits per heavy atom. The first-order chi connectivity index (χ1) is 13.1. The van der Waals surface area contributed by atoms with Crippen LogP contribution < -0.4 is 5.32 Å². The molecular weight excluding hydrogens is 342 g/mol. The third-order valence-corrected chi connectivity index (χ3v) is 4.35. The van der Waals surface area contributed by atoms with E-state index < -0.39 is 24.6 Å². The zero-order valence-electron chi connectivity index (χ0n) is 15.0. The summed E-state index contributed by atoms with van der Waals surface area (Å²) in [6, 6.07) is 22.0. The molecule has 0 bridgehead atoms. The van der Waals surface area contributed by atoms with Crippen LogP contribution >= 0.6 is 0 Å². The largest absolute Gasteiger partial charge is 0.453 e. The van der Waals surface area contributed by atoms with Gasteiger partial charge in [0.2, 0.25) is 0 Å². The zero-order valence-corrected chi connectivity index (χ0v) is 15.0. The molecule has 0 aliphatic heterocycles. The molecule has 0 spiro atoms. The summed E-state index contributed by atoms with van der Waals surface area (Å²) < 4.78 is 4.94. The number of nitrogens with one attached hydrogen (secondary N) is 1. The van der Waals surface area contributed by atoms with Gasteiger partial charge in [-0.1, -0.05) is 72.8 Å². The van der Waals surface area contributed by atoms with Crippen molar-refractivity contribution in [1.29, 1.82) is 0 Å². The van der Waals surface area contributed by atoms with E-state index in [0.717, 1.165) is 16.3 Å². The van der Waals surface area contributed by atoms with Gasteiger partial charge in [-0.2, -0.15) is 0 Å². The average molecular weight is 363 g/mol. The lowest BCUT2D eigenvalue weighted by Gasteiger charge is -2.17. The highest BCUT2D eigenvalue weighted by atomic mass is 16.5. The Hall–Kier alpha value is -3.18. The Balaban J connectivity index is 1.58. The Bertz CT molecular complexity index is 934. The van der Waals surface area contributed by atoms with Gasteiger partial charge in [0.25, 0.3) is 5.91 Å². The Kier molecular flexibility index (Phi) is 5.84. The Morgan fingerprint density at radius 2 is 1.63 bits per heavy atom. The number of aliphatic hydroxyl groups is 1. The molecule has 5 heteroatoms. The van der Waals surface area contributed by atoms with Crippen LogP contribution in [0.1, 0.15) is 30.2 Å². The highest BCUT2D eigenvalue weighted by Gasteiger charge is 2.20. The van der Waals surface area contributed by atoms with Crippen molar-refractivity contribution in [3.8, 4) is 0 Å². The maximum atomic E-state index is 12.2. The maximum absolute atomic E-state index is 12.2. The standard InChI is InChI=1S/C22H21NO4/c1-15(18-13-7-11-16-8-5-6-12-19(16)18)23-20(24)14-27-22(26)21(25)17-9-3-2-4-10-17/h2-13,15,21,25H,14H2,1H3,(H,23,24)/t15-,21-/m1/s1. The van der Waals surface area contributed by atoms with Gasteiger partial charge in [0.15, 0.2) is 12.7 Å². The van der Waals surface area contributed by atoms with Crippen LogP contribution in [0.2, 0.25) is 0 Å². The molecule has 0 saturated carbocycles. The molecule has 1 amide bonds. The highest BCUT2D eigenvalue weighted by Crippen LogP contribution is 2.24. The lowest BCUT2D eigenvalue weighted by atomic mass is 10.00. The van der Waals surface area contributed by atoms with Crippen molar-refractivity contribution in [2.45, 2.75) is 19.1 Å². The first-order valence-electron chi connectivity index (χ1n) is 8.73. The molecule has 0 fully saturated rings. The number of amides is 1. The van der Waals surface area contributed by atoms with Crippen LogP contribution in [0.15, 0.2) is 72.8 Å². The summed E-state index contributed by atoms with van der Waals surface area (Å²) in [4.78, 5) is 24.1. The monoisotopic (exact) mass is 363 g/mol. The SMILES string of the molecule is C[C@@H](NC(=O)COC(=O)[C@H](O)c1ccccc1)c1cccc2ccccc12. The molecule has 0 heterocycles. The van der Waals surface area contributed by atoms with Gasteiger partial charge in [0.1, 0.15) is 0 Å². The second kappa shape index (κ2) is 8.47. The predicted octanol–water partition coefficient (Wildman–Crippen LogP) is 3.29. The molecule has 0 aliphatic rings. The van der Waals surface area contributed by atoms with Crippen molar-refractivity contribution in [3.63, 3.8) is 0 Å². The quantitative estimate of drug-likeness (QED) is 0.659. The minimum Gasteiger partial charge on any atom is -0.453 e. The summed E-state index contributed by atoms with van der Waals surface area (Å²) in [6.45, 7) is 1.43. The van der Waals surface area contributed by atoms with Crippen LogP contribution in [0.4, 0.5) is 0 Å². The van der Waals surface area contributed by atoms with Crippen LogP contribution in [-0.4, -0.2) is 23.6 Å². The van der Waals surface area contributed by atoms with Crippen molar-refractivity contribution < 1.29 is 19.4 Å². The fourth-order valence-electron chi connectivity index (χ4n) is 2.98. The molecule has 0 aliphatic carbocycles. The molecule has 3 aromatic rings. The lowest BCUT2D eigenvalue weighted by molar-refractivity contribution is -0.157. The van der Waals surface area contributed by atoms with Crippen molar-refractivity contribution in [2.24, 2.45) is 0 Å². The number of aliphatic hydroxyl groups excluding tert-OH is 1. The molecule has 0 unspecified atom stereocenters. The van der Waals surface area contributed by atoms with Crippen molar-refractivity contribution in [2.75, 3.05) is 6.61 Å². The molecular formula is C22H21NO4. The highest BCUT2D eigenvalue weighted by molar-refractivity contribution is 5.87. The summed E-state index contributed by atoms with van der Waals surface area (Å²) in [6.07, 6.45) is -1.41.